The summed E-state index contributed by atoms with van der Waals surface area (Å²) in [7, 11) is 0. The van der Waals surface area contributed by atoms with E-state index in [0.717, 1.165) is 17.1 Å². The van der Waals surface area contributed by atoms with E-state index in [1.54, 1.807) is 0 Å². The van der Waals surface area contributed by atoms with Crippen molar-refractivity contribution in [1.82, 2.24) is 0 Å². The van der Waals surface area contributed by atoms with Crippen molar-refractivity contribution >= 4 is 22.7 Å². The lowest BCUT2D eigenvalue weighted by Crippen LogP contribution is -2.29. The molecule has 1 aliphatic heterocycles. The van der Waals surface area contributed by atoms with Gasteiger partial charge >= 0.3 is 0 Å². The van der Waals surface area contributed by atoms with Gasteiger partial charge in [-0.3, -0.25) is 0 Å². The summed E-state index contributed by atoms with van der Waals surface area (Å²) in [5.74, 6) is 0. The van der Waals surface area contributed by atoms with Crippen LogP contribution in [-0.4, -0.2) is 13.1 Å². The topological polar surface area (TPSA) is 41.3 Å². The third kappa shape index (κ3) is 3.48. The van der Waals surface area contributed by atoms with Crippen LogP contribution in [0.2, 0.25) is 0 Å². The third-order valence-corrected chi connectivity index (χ3v) is 3.98. The van der Waals surface area contributed by atoms with Crippen LogP contribution in [0.3, 0.4) is 0 Å². The zero-order valence-corrected chi connectivity index (χ0v) is 12.6. The fourth-order valence-electron chi connectivity index (χ4n) is 2.96. The second-order valence-electron chi connectivity index (χ2n) is 5.85. The number of rotatable bonds is 3. The Hall–Kier alpha value is -2.16. The molecule has 3 heteroatoms. The van der Waals surface area contributed by atoms with Crippen molar-refractivity contribution < 1.29 is 0 Å². The Balaban J connectivity index is 1.71. The van der Waals surface area contributed by atoms with E-state index in [0.29, 0.717) is 0 Å². The van der Waals surface area contributed by atoms with Crippen molar-refractivity contribution in [2.45, 2.75) is 26.2 Å². The van der Waals surface area contributed by atoms with Crippen molar-refractivity contribution in [2.75, 3.05) is 29.0 Å². The molecule has 0 bridgehead atoms. The van der Waals surface area contributed by atoms with E-state index < -0.39 is 0 Å². The molecule has 21 heavy (non-hydrogen) atoms. The summed E-state index contributed by atoms with van der Waals surface area (Å²) in [6.07, 6.45) is 3.98. The molecule has 0 radical (unpaired) electrons. The standard InChI is InChI=1S/C18H23N3/c1-14-11-15(19)13-17(12-14)20-16-5-7-18(8-6-16)21-9-3-2-4-10-21/h5-8,11-13,20H,2-4,9-10,19H2,1H3. The maximum Gasteiger partial charge on any atom is 0.0407 e. The molecule has 2 aromatic carbocycles. The summed E-state index contributed by atoms with van der Waals surface area (Å²) in [5, 5.41) is 3.42. The van der Waals surface area contributed by atoms with E-state index in [1.165, 1.54) is 43.6 Å². The minimum Gasteiger partial charge on any atom is -0.399 e. The highest BCUT2D eigenvalue weighted by Crippen LogP contribution is 2.25. The smallest absolute Gasteiger partial charge is 0.0407 e. The van der Waals surface area contributed by atoms with E-state index in [2.05, 4.69) is 47.5 Å². The van der Waals surface area contributed by atoms with Gasteiger partial charge in [0, 0.05) is 35.8 Å². The molecule has 0 spiro atoms. The number of hydrogen-bond donors (Lipinski definition) is 2. The lowest BCUT2D eigenvalue weighted by molar-refractivity contribution is 0.578. The second-order valence-corrected chi connectivity index (χ2v) is 5.85. The van der Waals surface area contributed by atoms with E-state index in [4.69, 9.17) is 5.73 Å². The second kappa shape index (κ2) is 6.08. The molecular formula is C18H23N3. The van der Waals surface area contributed by atoms with Gasteiger partial charge in [0.15, 0.2) is 0 Å². The van der Waals surface area contributed by atoms with Crippen LogP contribution < -0.4 is 16.0 Å². The highest BCUT2D eigenvalue weighted by molar-refractivity contribution is 5.66. The van der Waals surface area contributed by atoms with Crippen LogP contribution >= 0.6 is 0 Å². The highest BCUT2D eigenvalue weighted by atomic mass is 15.1. The molecule has 0 saturated carbocycles. The largest absolute Gasteiger partial charge is 0.399 e. The molecule has 0 amide bonds. The fraction of sp³-hybridized carbons (Fsp3) is 0.333. The molecule has 1 heterocycles. The predicted octanol–water partition coefficient (Wildman–Crippen LogP) is 4.31. The Morgan fingerprint density at radius 3 is 2.29 bits per heavy atom. The van der Waals surface area contributed by atoms with Gasteiger partial charge < -0.3 is 16.0 Å². The lowest BCUT2D eigenvalue weighted by Gasteiger charge is -2.28. The average molecular weight is 281 g/mol. The quantitative estimate of drug-likeness (QED) is 0.824. The Morgan fingerprint density at radius 2 is 1.62 bits per heavy atom. The molecule has 0 aromatic heterocycles. The van der Waals surface area contributed by atoms with Gasteiger partial charge in [0.2, 0.25) is 0 Å². The molecule has 3 N–H and O–H groups in total. The van der Waals surface area contributed by atoms with E-state index >= 15 is 0 Å². The van der Waals surface area contributed by atoms with Crippen molar-refractivity contribution in [2.24, 2.45) is 0 Å². The molecule has 0 aliphatic carbocycles. The number of hydrogen-bond acceptors (Lipinski definition) is 3. The average Bonchev–Trinajstić information content (AvgIpc) is 2.48. The van der Waals surface area contributed by atoms with Crippen LogP contribution in [-0.2, 0) is 0 Å². The van der Waals surface area contributed by atoms with Gasteiger partial charge in [-0.25, -0.2) is 0 Å². The summed E-state index contributed by atoms with van der Waals surface area (Å²) in [6.45, 7) is 4.42. The maximum atomic E-state index is 5.89. The van der Waals surface area contributed by atoms with Gasteiger partial charge in [0.25, 0.3) is 0 Å². The van der Waals surface area contributed by atoms with Crippen LogP contribution in [0.4, 0.5) is 22.7 Å². The summed E-state index contributed by atoms with van der Waals surface area (Å²) in [4.78, 5) is 2.47. The first-order valence-electron chi connectivity index (χ1n) is 7.70. The van der Waals surface area contributed by atoms with Gasteiger partial charge in [-0.05, 0) is 74.2 Å². The highest BCUT2D eigenvalue weighted by Gasteiger charge is 2.10. The van der Waals surface area contributed by atoms with Crippen LogP contribution in [0.1, 0.15) is 24.8 Å². The monoisotopic (exact) mass is 281 g/mol. The zero-order valence-electron chi connectivity index (χ0n) is 12.6. The molecule has 0 unspecified atom stereocenters. The molecule has 110 valence electrons. The molecule has 0 atom stereocenters. The number of nitrogens with one attached hydrogen (secondary N) is 1. The summed E-state index contributed by atoms with van der Waals surface area (Å²) in [6, 6.07) is 14.7. The number of anilines is 4. The number of nitrogen functional groups attached to an aromatic ring is 1. The van der Waals surface area contributed by atoms with Gasteiger partial charge in [-0.1, -0.05) is 0 Å². The number of nitrogens with two attached hydrogens (primary N) is 1. The van der Waals surface area contributed by atoms with Crippen molar-refractivity contribution in [1.29, 1.82) is 0 Å². The SMILES string of the molecule is Cc1cc(N)cc(Nc2ccc(N3CCCCC3)cc2)c1. The fourth-order valence-corrected chi connectivity index (χ4v) is 2.96. The summed E-state index contributed by atoms with van der Waals surface area (Å²) >= 11 is 0. The van der Waals surface area contributed by atoms with Gasteiger partial charge in [0.1, 0.15) is 0 Å². The molecule has 1 fully saturated rings. The van der Waals surface area contributed by atoms with Crippen molar-refractivity contribution in [3.05, 3.63) is 48.0 Å². The Bertz CT molecular complexity index is 578. The number of aryl methyl sites for hydroxylation is 1. The normalized spacial score (nSPS) is 15.0. The predicted molar refractivity (Wildman–Crippen MR) is 91.4 cm³/mol. The molecular weight excluding hydrogens is 258 g/mol. The number of benzene rings is 2. The van der Waals surface area contributed by atoms with E-state index in [1.807, 2.05) is 12.1 Å². The molecule has 1 saturated heterocycles. The Labute approximate surface area is 126 Å². The first-order chi connectivity index (χ1) is 10.2. The maximum absolute atomic E-state index is 5.89. The van der Waals surface area contributed by atoms with E-state index in [9.17, 15) is 0 Å². The van der Waals surface area contributed by atoms with Crippen LogP contribution in [0.15, 0.2) is 42.5 Å². The van der Waals surface area contributed by atoms with Gasteiger partial charge in [0.05, 0.1) is 0 Å². The minimum atomic E-state index is 0.794. The molecule has 1 aliphatic rings. The third-order valence-electron chi connectivity index (χ3n) is 3.98. The molecule has 3 rings (SSSR count). The van der Waals surface area contributed by atoms with Crippen LogP contribution in [0, 0.1) is 6.92 Å². The number of piperidine rings is 1. The van der Waals surface area contributed by atoms with Crippen molar-refractivity contribution in [3.8, 4) is 0 Å². The zero-order chi connectivity index (χ0) is 14.7. The first kappa shape index (κ1) is 13.8. The van der Waals surface area contributed by atoms with E-state index in [-0.39, 0.29) is 0 Å². The van der Waals surface area contributed by atoms with Gasteiger partial charge in [-0.15, -0.1) is 0 Å². The first-order valence-corrected chi connectivity index (χ1v) is 7.70. The minimum absolute atomic E-state index is 0.794. The van der Waals surface area contributed by atoms with Crippen molar-refractivity contribution in [3.63, 3.8) is 0 Å². The summed E-state index contributed by atoms with van der Waals surface area (Å²) in [5.41, 5.74) is 11.3. The Morgan fingerprint density at radius 1 is 0.905 bits per heavy atom. The van der Waals surface area contributed by atoms with Crippen LogP contribution in [0.25, 0.3) is 0 Å². The molecule has 2 aromatic rings. The van der Waals surface area contributed by atoms with Gasteiger partial charge in [-0.2, -0.15) is 0 Å². The number of nitrogens with zero attached hydrogens (tertiary/aromatic N) is 1. The summed E-state index contributed by atoms with van der Waals surface area (Å²) < 4.78 is 0. The molecule has 3 nitrogen and oxygen atoms in total. The Kier molecular flexibility index (Phi) is 4.00. The van der Waals surface area contributed by atoms with Crippen LogP contribution in [0.5, 0.6) is 0 Å². The lowest BCUT2D eigenvalue weighted by atomic mass is 10.1.